The van der Waals surface area contributed by atoms with Crippen LogP contribution in [0.25, 0.3) is 0 Å². The van der Waals surface area contributed by atoms with E-state index in [0.29, 0.717) is 13.1 Å². The Morgan fingerprint density at radius 2 is 1.88 bits per heavy atom. The summed E-state index contributed by atoms with van der Waals surface area (Å²) in [6, 6.07) is 4.19. The number of rotatable bonds is 1. The number of alkyl halides is 3. The first kappa shape index (κ1) is 11.9. The minimum absolute atomic E-state index is 0.0304. The lowest BCUT2D eigenvalue weighted by atomic mass is 9.98. The normalized spacial score (nSPS) is 21.1. The number of piperazine rings is 1. The quantitative estimate of drug-likeness (QED) is 0.785. The number of amides is 1. The van der Waals surface area contributed by atoms with Gasteiger partial charge in [0.25, 0.3) is 0 Å². The average molecular weight is 244 g/mol. The highest BCUT2D eigenvalue weighted by atomic mass is 19.4. The molecule has 1 heterocycles. The third kappa shape index (κ3) is 2.41. The zero-order valence-corrected chi connectivity index (χ0v) is 8.84. The van der Waals surface area contributed by atoms with Gasteiger partial charge >= 0.3 is 6.18 Å². The molecule has 0 saturated carbocycles. The van der Waals surface area contributed by atoms with Crippen LogP contribution in [0.2, 0.25) is 0 Å². The summed E-state index contributed by atoms with van der Waals surface area (Å²) in [6.45, 7) is 0.895. The maximum absolute atomic E-state index is 12.8. The molecule has 2 N–H and O–H groups in total. The molecule has 2 rings (SSSR count). The number of hydrogen-bond acceptors (Lipinski definition) is 2. The van der Waals surface area contributed by atoms with E-state index in [2.05, 4.69) is 10.6 Å². The minimum Gasteiger partial charge on any atom is -0.353 e. The molecule has 6 heteroatoms. The van der Waals surface area contributed by atoms with E-state index in [0.717, 1.165) is 6.07 Å². The van der Waals surface area contributed by atoms with Crippen molar-refractivity contribution in [1.82, 2.24) is 10.6 Å². The van der Waals surface area contributed by atoms with E-state index < -0.39 is 23.7 Å². The summed E-state index contributed by atoms with van der Waals surface area (Å²) < 4.78 is 38.3. The Morgan fingerprint density at radius 1 is 1.18 bits per heavy atom. The fourth-order valence-electron chi connectivity index (χ4n) is 1.86. The molecule has 1 aliphatic heterocycles. The lowest BCUT2D eigenvalue weighted by Gasteiger charge is -2.26. The van der Waals surface area contributed by atoms with Gasteiger partial charge in [-0.25, -0.2) is 0 Å². The summed E-state index contributed by atoms with van der Waals surface area (Å²) in [5.41, 5.74) is -0.799. The minimum atomic E-state index is -4.45. The third-order valence-corrected chi connectivity index (χ3v) is 2.61. The first-order valence-electron chi connectivity index (χ1n) is 5.17. The molecule has 1 fully saturated rings. The molecule has 1 atom stereocenters. The highest BCUT2D eigenvalue weighted by Gasteiger charge is 2.37. The molecule has 17 heavy (non-hydrogen) atoms. The second-order valence-electron chi connectivity index (χ2n) is 3.76. The fourth-order valence-corrected chi connectivity index (χ4v) is 1.86. The largest absolute Gasteiger partial charge is 0.416 e. The van der Waals surface area contributed by atoms with Gasteiger partial charge in [-0.05, 0) is 11.6 Å². The number of carbonyl (C=O) groups excluding carboxylic acids is 1. The van der Waals surface area contributed by atoms with Crippen LogP contribution in [0.1, 0.15) is 17.2 Å². The molecule has 3 nitrogen and oxygen atoms in total. The number of hydrogen-bond donors (Lipinski definition) is 2. The van der Waals surface area contributed by atoms with Crippen molar-refractivity contribution < 1.29 is 18.0 Å². The topological polar surface area (TPSA) is 41.1 Å². The van der Waals surface area contributed by atoms with E-state index in [-0.39, 0.29) is 5.56 Å². The van der Waals surface area contributed by atoms with Gasteiger partial charge in [-0.15, -0.1) is 0 Å². The van der Waals surface area contributed by atoms with E-state index in [4.69, 9.17) is 0 Å². The first-order chi connectivity index (χ1) is 8.00. The summed E-state index contributed by atoms with van der Waals surface area (Å²) >= 11 is 0. The summed E-state index contributed by atoms with van der Waals surface area (Å²) in [7, 11) is 0. The van der Waals surface area contributed by atoms with Crippen molar-refractivity contribution in [2.75, 3.05) is 13.1 Å². The molecule has 0 aromatic heterocycles. The van der Waals surface area contributed by atoms with Crippen molar-refractivity contribution in [1.29, 1.82) is 0 Å². The van der Waals surface area contributed by atoms with Gasteiger partial charge in [-0.2, -0.15) is 13.2 Å². The van der Waals surface area contributed by atoms with Crippen LogP contribution in [0, 0.1) is 0 Å². The molecule has 0 unspecified atom stereocenters. The predicted molar refractivity (Wildman–Crippen MR) is 55.2 cm³/mol. The molecular formula is C11H11F3N2O. The molecule has 0 spiro atoms. The smallest absolute Gasteiger partial charge is 0.353 e. The van der Waals surface area contributed by atoms with E-state index in [1.807, 2.05) is 0 Å². The lowest BCUT2D eigenvalue weighted by molar-refractivity contribution is -0.139. The average Bonchev–Trinajstić information content (AvgIpc) is 2.28. The standard InChI is InChI=1S/C11H11F3N2O/c12-11(13,14)8-4-2-1-3-7(8)9-10(17)16-6-5-15-9/h1-4,9,15H,5-6H2,(H,16,17)/t9-/m1/s1. The summed E-state index contributed by atoms with van der Waals surface area (Å²) in [6.07, 6.45) is -4.45. The maximum Gasteiger partial charge on any atom is 0.416 e. The van der Waals surface area contributed by atoms with E-state index in [1.165, 1.54) is 18.2 Å². The lowest BCUT2D eigenvalue weighted by Crippen LogP contribution is -2.47. The maximum atomic E-state index is 12.8. The third-order valence-electron chi connectivity index (χ3n) is 2.61. The summed E-state index contributed by atoms with van der Waals surface area (Å²) in [5.74, 6) is -0.423. The van der Waals surface area contributed by atoms with Crippen molar-refractivity contribution >= 4 is 5.91 Å². The Morgan fingerprint density at radius 3 is 2.53 bits per heavy atom. The van der Waals surface area contributed by atoms with E-state index in [9.17, 15) is 18.0 Å². The first-order valence-corrected chi connectivity index (χ1v) is 5.17. The van der Waals surface area contributed by atoms with Crippen molar-refractivity contribution in [3.8, 4) is 0 Å². The molecule has 1 aliphatic rings. The van der Waals surface area contributed by atoms with Crippen LogP contribution in [0.4, 0.5) is 13.2 Å². The zero-order valence-electron chi connectivity index (χ0n) is 8.84. The second kappa shape index (κ2) is 4.37. The molecule has 0 bridgehead atoms. The summed E-state index contributed by atoms with van der Waals surface area (Å²) in [4.78, 5) is 11.5. The summed E-state index contributed by atoms with van der Waals surface area (Å²) in [5, 5.41) is 5.33. The van der Waals surface area contributed by atoms with Crippen LogP contribution in [-0.4, -0.2) is 19.0 Å². The molecule has 0 aliphatic carbocycles. The van der Waals surface area contributed by atoms with Gasteiger partial charge in [-0.1, -0.05) is 18.2 Å². The molecule has 1 aromatic carbocycles. The van der Waals surface area contributed by atoms with E-state index in [1.54, 1.807) is 0 Å². The van der Waals surface area contributed by atoms with Gasteiger partial charge in [0.1, 0.15) is 6.04 Å². The zero-order chi connectivity index (χ0) is 12.5. The van der Waals surface area contributed by atoms with Crippen molar-refractivity contribution in [3.05, 3.63) is 35.4 Å². The van der Waals surface area contributed by atoms with Crippen molar-refractivity contribution in [2.24, 2.45) is 0 Å². The van der Waals surface area contributed by atoms with Crippen molar-refractivity contribution in [2.45, 2.75) is 12.2 Å². The second-order valence-corrected chi connectivity index (χ2v) is 3.76. The highest BCUT2D eigenvalue weighted by molar-refractivity contribution is 5.84. The van der Waals surface area contributed by atoms with Gasteiger partial charge in [0.05, 0.1) is 5.56 Å². The Labute approximate surface area is 96.0 Å². The van der Waals surface area contributed by atoms with Crippen LogP contribution in [0.15, 0.2) is 24.3 Å². The Kier molecular flexibility index (Phi) is 3.06. The molecule has 92 valence electrons. The van der Waals surface area contributed by atoms with E-state index >= 15 is 0 Å². The van der Waals surface area contributed by atoms with Crippen molar-refractivity contribution in [3.63, 3.8) is 0 Å². The Balaban J connectivity index is 2.41. The van der Waals surface area contributed by atoms with Gasteiger partial charge in [0.15, 0.2) is 0 Å². The van der Waals surface area contributed by atoms with Crippen LogP contribution >= 0.6 is 0 Å². The Bertz CT molecular complexity index is 431. The van der Waals surface area contributed by atoms with Crippen LogP contribution in [0.3, 0.4) is 0 Å². The fraction of sp³-hybridized carbons (Fsp3) is 0.364. The van der Waals surface area contributed by atoms with Crippen LogP contribution in [0.5, 0.6) is 0 Å². The highest BCUT2D eigenvalue weighted by Crippen LogP contribution is 2.34. The molecule has 1 aromatic rings. The van der Waals surface area contributed by atoms with Gasteiger partial charge in [0.2, 0.25) is 5.91 Å². The molecular weight excluding hydrogens is 233 g/mol. The van der Waals surface area contributed by atoms with Gasteiger partial charge in [0, 0.05) is 13.1 Å². The number of carbonyl (C=O) groups is 1. The number of nitrogens with one attached hydrogen (secondary N) is 2. The SMILES string of the molecule is O=C1NCCN[C@@H]1c1ccccc1C(F)(F)F. The number of halogens is 3. The predicted octanol–water partition coefficient (Wildman–Crippen LogP) is 1.47. The number of benzene rings is 1. The van der Waals surface area contributed by atoms with Crippen LogP contribution < -0.4 is 10.6 Å². The Hall–Kier alpha value is -1.56. The molecule has 0 radical (unpaired) electrons. The monoisotopic (exact) mass is 244 g/mol. The molecule has 1 amide bonds. The van der Waals surface area contributed by atoms with Gasteiger partial charge < -0.3 is 10.6 Å². The van der Waals surface area contributed by atoms with Crippen LogP contribution in [-0.2, 0) is 11.0 Å². The van der Waals surface area contributed by atoms with Gasteiger partial charge in [-0.3, -0.25) is 4.79 Å². The molecule has 1 saturated heterocycles.